The monoisotopic (exact) mass is 239 g/mol. The second-order valence-electron chi connectivity index (χ2n) is 5.42. The largest absolute Gasteiger partial charge is 0.444 e. The molecule has 17 heavy (non-hydrogen) atoms. The molecule has 1 aliphatic rings. The number of carbonyl (C=O) groups excluding carboxylic acids is 1. The van der Waals surface area contributed by atoms with Gasteiger partial charge in [-0.25, -0.2) is 4.79 Å². The number of hydrogen-bond donors (Lipinski definition) is 0. The maximum Gasteiger partial charge on any atom is 0.410 e. The fourth-order valence-corrected chi connectivity index (χ4v) is 1.87. The summed E-state index contributed by atoms with van der Waals surface area (Å²) in [5, 5.41) is 8.64. The molecule has 0 saturated carbocycles. The lowest BCUT2D eigenvalue weighted by Gasteiger charge is -2.39. The molecule has 0 unspecified atom stereocenters. The number of hydrogen-bond acceptors (Lipinski definition) is 4. The second kappa shape index (κ2) is 5.37. The molecule has 0 aromatic heterocycles. The number of ether oxygens (including phenoxy) is 1. The Balaban J connectivity index is 2.52. The molecule has 0 spiro atoms. The van der Waals surface area contributed by atoms with Crippen LogP contribution in [0.2, 0.25) is 0 Å². The van der Waals surface area contributed by atoms with Gasteiger partial charge in [0, 0.05) is 25.7 Å². The predicted octanol–water partition coefficient (Wildman–Crippen LogP) is 1.45. The van der Waals surface area contributed by atoms with E-state index in [1.807, 2.05) is 32.6 Å². The number of carbonyl (C=O) groups is 1. The average molecular weight is 239 g/mol. The fraction of sp³-hybridized carbons (Fsp3) is 0.833. The number of piperazine rings is 1. The second-order valence-corrected chi connectivity index (χ2v) is 5.42. The molecule has 1 saturated heterocycles. The van der Waals surface area contributed by atoms with Gasteiger partial charge in [-0.2, -0.15) is 5.26 Å². The molecular formula is C12H21N3O2. The Morgan fingerprint density at radius 1 is 1.47 bits per heavy atom. The third kappa shape index (κ3) is 4.23. The lowest BCUT2D eigenvalue weighted by atomic mass is 10.2. The van der Waals surface area contributed by atoms with Gasteiger partial charge in [-0.3, -0.25) is 4.90 Å². The molecule has 1 fully saturated rings. The minimum atomic E-state index is -0.458. The van der Waals surface area contributed by atoms with E-state index in [2.05, 4.69) is 6.07 Å². The topological polar surface area (TPSA) is 56.6 Å². The van der Waals surface area contributed by atoms with E-state index in [4.69, 9.17) is 10.00 Å². The molecule has 1 heterocycles. The van der Waals surface area contributed by atoms with E-state index >= 15 is 0 Å². The van der Waals surface area contributed by atoms with E-state index in [9.17, 15) is 4.79 Å². The molecule has 5 heteroatoms. The lowest BCUT2D eigenvalue weighted by Crippen LogP contribution is -2.54. The van der Waals surface area contributed by atoms with Crippen molar-refractivity contribution in [1.82, 2.24) is 9.80 Å². The molecule has 1 rings (SSSR count). The van der Waals surface area contributed by atoms with Crippen LogP contribution in [0.1, 0.15) is 27.7 Å². The first-order valence-electron chi connectivity index (χ1n) is 5.92. The zero-order chi connectivity index (χ0) is 13.1. The van der Waals surface area contributed by atoms with Gasteiger partial charge in [-0.15, -0.1) is 0 Å². The SMILES string of the molecule is C[C@@H]1CN(CC#N)CCN1C(=O)OC(C)(C)C. The summed E-state index contributed by atoms with van der Waals surface area (Å²) in [7, 11) is 0. The molecule has 1 atom stereocenters. The van der Waals surface area contributed by atoms with Gasteiger partial charge in [-0.1, -0.05) is 0 Å². The summed E-state index contributed by atoms with van der Waals surface area (Å²) in [6.07, 6.45) is -0.262. The summed E-state index contributed by atoms with van der Waals surface area (Å²) in [6, 6.07) is 2.22. The standard InChI is InChI=1S/C12H21N3O2/c1-10-9-14(6-5-13)7-8-15(10)11(16)17-12(2,3)4/h10H,6-9H2,1-4H3/t10-/m1/s1. The Labute approximate surface area is 103 Å². The molecule has 0 N–H and O–H groups in total. The molecular weight excluding hydrogens is 218 g/mol. The van der Waals surface area contributed by atoms with Gasteiger partial charge in [0.15, 0.2) is 0 Å². The lowest BCUT2D eigenvalue weighted by molar-refractivity contribution is 0.00295. The fourth-order valence-electron chi connectivity index (χ4n) is 1.87. The van der Waals surface area contributed by atoms with Gasteiger partial charge in [0.25, 0.3) is 0 Å². The van der Waals surface area contributed by atoms with Crippen molar-refractivity contribution in [2.75, 3.05) is 26.2 Å². The van der Waals surface area contributed by atoms with Crippen LogP contribution in [0.4, 0.5) is 4.79 Å². The van der Waals surface area contributed by atoms with Crippen molar-refractivity contribution in [3.63, 3.8) is 0 Å². The van der Waals surface area contributed by atoms with E-state index in [-0.39, 0.29) is 12.1 Å². The quantitative estimate of drug-likeness (QED) is 0.650. The molecule has 96 valence electrons. The highest BCUT2D eigenvalue weighted by Crippen LogP contribution is 2.15. The Morgan fingerprint density at radius 2 is 2.12 bits per heavy atom. The molecule has 5 nitrogen and oxygen atoms in total. The zero-order valence-electron chi connectivity index (χ0n) is 11.1. The molecule has 0 aromatic rings. The van der Waals surface area contributed by atoms with Gasteiger partial charge < -0.3 is 9.64 Å². The average Bonchev–Trinajstić information content (AvgIpc) is 2.15. The molecule has 1 aliphatic heterocycles. The van der Waals surface area contributed by atoms with E-state index in [1.54, 1.807) is 4.90 Å². The normalized spacial score (nSPS) is 22.1. The Kier molecular flexibility index (Phi) is 4.35. The first-order chi connectivity index (χ1) is 7.83. The highest BCUT2D eigenvalue weighted by atomic mass is 16.6. The Morgan fingerprint density at radius 3 is 2.59 bits per heavy atom. The van der Waals surface area contributed by atoms with Gasteiger partial charge in [0.2, 0.25) is 0 Å². The Bertz CT molecular complexity index is 317. The number of rotatable bonds is 1. The minimum absolute atomic E-state index is 0.0898. The van der Waals surface area contributed by atoms with E-state index in [0.29, 0.717) is 13.1 Å². The van der Waals surface area contributed by atoms with Gasteiger partial charge >= 0.3 is 6.09 Å². The summed E-state index contributed by atoms with van der Waals surface area (Å²) in [4.78, 5) is 15.7. The van der Waals surface area contributed by atoms with Crippen LogP contribution in [0.3, 0.4) is 0 Å². The van der Waals surface area contributed by atoms with Crippen molar-refractivity contribution in [3.05, 3.63) is 0 Å². The van der Waals surface area contributed by atoms with E-state index in [0.717, 1.165) is 13.1 Å². The molecule has 0 aromatic carbocycles. The van der Waals surface area contributed by atoms with Gasteiger partial charge in [-0.05, 0) is 27.7 Å². The summed E-state index contributed by atoms with van der Waals surface area (Å²) in [5.74, 6) is 0. The maximum absolute atomic E-state index is 11.9. The van der Waals surface area contributed by atoms with E-state index in [1.165, 1.54) is 0 Å². The Hall–Kier alpha value is -1.28. The minimum Gasteiger partial charge on any atom is -0.444 e. The van der Waals surface area contributed by atoms with Crippen LogP contribution >= 0.6 is 0 Å². The van der Waals surface area contributed by atoms with Crippen LogP contribution in [-0.2, 0) is 4.74 Å². The molecule has 0 bridgehead atoms. The van der Waals surface area contributed by atoms with Crippen LogP contribution in [-0.4, -0.2) is 53.7 Å². The zero-order valence-corrected chi connectivity index (χ0v) is 11.1. The summed E-state index contributed by atoms with van der Waals surface area (Å²) in [5.41, 5.74) is -0.458. The molecule has 0 radical (unpaired) electrons. The van der Waals surface area contributed by atoms with Crippen LogP contribution in [0.5, 0.6) is 0 Å². The molecule has 1 amide bonds. The van der Waals surface area contributed by atoms with Crippen molar-refractivity contribution < 1.29 is 9.53 Å². The molecule has 0 aliphatic carbocycles. The predicted molar refractivity (Wildman–Crippen MR) is 64.5 cm³/mol. The summed E-state index contributed by atoms with van der Waals surface area (Å²) in [6.45, 7) is 10.1. The van der Waals surface area contributed by atoms with Crippen LogP contribution in [0.25, 0.3) is 0 Å². The van der Waals surface area contributed by atoms with Gasteiger partial charge in [0.1, 0.15) is 5.60 Å². The van der Waals surface area contributed by atoms with Crippen molar-refractivity contribution in [1.29, 1.82) is 5.26 Å². The third-order valence-corrected chi connectivity index (χ3v) is 2.63. The number of nitriles is 1. The van der Waals surface area contributed by atoms with Crippen molar-refractivity contribution in [3.8, 4) is 6.07 Å². The maximum atomic E-state index is 11.9. The first kappa shape index (κ1) is 13.8. The van der Waals surface area contributed by atoms with Crippen molar-refractivity contribution in [2.45, 2.75) is 39.3 Å². The van der Waals surface area contributed by atoms with Crippen LogP contribution in [0, 0.1) is 11.3 Å². The van der Waals surface area contributed by atoms with Crippen LogP contribution < -0.4 is 0 Å². The van der Waals surface area contributed by atoms with Crippen molar-refractivity contribution >= 4 is 6.09 Å². The highest BCUT2D eigenvalue weighted by Gasteiger charge is 2.30. The van der Waals surface area contributed by atoms with Crippen LogP contribution in [0.15, 0.2) is 0 Å². The smallest absolute Gasteiger partial charge is 0.410 e. The van der Waals surface area contributed by atoms with E-state index < -0.39 is 5.60 Å². The van der Waals surface area contributed by atoms with Gasteiger partial charge in [0.05, 0.1) is 12.6 Å². The summed E-state index contributed by atoms with van der Waals surface area (Å²) < 4.78 is 5.35. The highest BCUT2D eigenvalue weighted by molar-refractivity contribution is 5.68. The number of amides is 1. The van der Waals surface area contributed by atoms with Crippen molar-refractivity contribution in [2.24, 2.45) is 0 Å². The third-order valence-electron chi connectivity index (χ3n) is 2.63. The first-order valence-corrected chi connectivity index (χ1v) is 5.92. The summed E-state index contributed by atoms with van der Waals surface area (Å²) >= 11 is 0. The number of nitrogens with zero attached hydrogens (tertiary/aromatic N) is 3.